The Balaban J connectivity index is 1.98. The van der Waals surface area contributed by atoms with Crippen LogP contribution in [0.3, 0.4) is 0 Å². The molecule has 0 bridgehead atoms. The molecule has 0 spiro atoms. The van der Waals surface area contributed by atoms with Crippen LogP contribution in [0.1, 0.15) is 54.9 Å². The Labute approximate surface area is 121 Å². The fourth-order valence-electron chi connectivity index (χ4n) is 3.26. The van der Waals surface area contributed by atoms with E-state index < -0.39 is 5.97 Å². The topological polar surface area (TPSA) is 40.5 Å². The second-order valence-corrected chi connectivity index (χ2v) is 5.96. The molecule has 20 heavy (non-hydrogen) atoms. The van der Waals surface area contributed by atoms with Gasteiger partial charge in [0.25, 0.3) is 0 Å². The van der Waals surface area contributed by atoms with Crippen LogP contribution in [0.15, 0.2) is 24.3 Å². The van der Waals surface area contributed by atoms with Gasteiger partial charge in [-0.15, -0.1) is 0 Å². The lowest BCUT2D eigenvalue weighted by atomic mass is 9.84. The average molecular weight is 275 g/mol. The number of carbonyl (C=O) groups is 1. The number of rotatable bonds is 5. The average Bonchev–Trinajstić information content (AvgIpc) is 2.47. The zero-order valence-corrected chi connectivity index (χ0v) is 12.5. The first-order valence-corrected chi connectivity index (χ1v) is 7.63. The molecule has 1 fully saturated rings. The molecule has 0 aromatic heterocycles. The van der Waals surface area contributed by atoms with Crippen LogP contribution in [-0.4, -0.2) is 29.1 Å². The molecule has 0 heterocycles. The van der Waals surface area contributed by atoms with Crippen molar-refractivity contribution in [1.29, 1.82) is 0 Å². The van der Waals surface area contributed by atoms with Crippen LogP contribution in [0.5, 0.6) is 0 Å². The van der Waals surface area contributed by atoms with Crippen LogP contribution < -0.4 is 0 Å². The van der Waals surface area contributed by atoms with Crippen LogP contribution >= 0.6 is 0 Å². The maximum absolute atomic E-state index is 11.2. The van der Waals surface area contributed by atoms with Crippen LogP contribution in [0.25, 0.3) is 0 Å². The van der Waals surface area contributed by atoms with Gasteiger partial charge in [-0.2, -0.15) is 0 Å². The van der Waals surface area contributed by atoms with E-state index in [-0.39, 0.29) is 0 Å². The first kappa shape index (κ1) is 15.0. The normalized spacial score (nSPS) is 22.9. The second-order valence-electron chi connectivity index (χ2n) is 5.96. The van der Waals surface area contributed by atoms with Crippen molar-refractivity contribution in [2.75, 3.05) is 7.05 Å². The Hall–Kier alpha value is -1.35. The second kappa shape index (κ2) is 6.89. The van der Waals surface area contributed by atoms with E-state index in [1.165, 1.54) is 32.1 Å². The van der Waals surface area contributed by atoms with E-state index in [0.29, 0.717) is 11.6 Å². The third kappa shape index (κ3) is 3.60. The first-order chi connectivity index (χ1) is 9.61. The molecule has 0 unspecified atom stereocenters. The highest BCUT2D eigenvalue weighted by Crippen LogP contribution is 2.29. The zero-order valence-electron chi connectivity index (χ0n) is 12.5. The molecule has 0 saturated heterocycles. The van der Waals surface area contributed by atoms with Gasteiger partial charge in [0, 0.05) is 12.6 Å². The quantitative estimate of drug-likeness (QED) is 0.889. The summed E-state index contributed by atoms with van der Waals surface area (Å²) in [6.07, 6.45) is 6.39. The maximum atomic E-state index is 11.2. The fourth-order valence-corrected chi connectivity index (χ4v) is 3.26. The van der Waals surface area contributed by atoms with Crippen LogP contribution in [-0.2, 0) is 6.54 Å². The smallest absolute Gasteiger partial charge is 0.336 e. The van der Waals surface area contributed by atoms with Gasteiger partial charge < -0.3 is 5.11 Å². The summed E-state index contributed by atoms with van der Waals surface area (Å²) in [5, 5.41) is 9.24. The summed E-state index contributed by atoms with van der Waals surface area (Å²) in [5.41, 5.74) is 1.35. The van der Waals surface area contributed by atoms with Crippen molar-refractivity contribution in [3.05, 3.63) is 35.4 Å². The molecular formula is C17H25NO2. The summed E-state index contributed by atoms with van der Waals surface area (Å²) >= 11 is 0. The zero-order chi connectivity index (χ0) is 14.5. The summed E-state index contributed by atoms with van der Waals surface area (Å²) in [6, 6.07) is 7.93. The van der Waals surface area contributed by atoms with E-state index in [9.17, 15) is 9.90 Å². The number of hydrogen-bond acceptors (Lipinski definition) is 2. The Kier molecular flexibility index (Phi) is 5.18. The predicted molar refractivity (Wildman–Crippen MR) is 80.9 cm³/mol. The Morgan fingerprint density at radius 3 is 2.50 bits per heavy atom. The van der Waals surface area contributed by atoms with Crippen molar-refractivity contribution in [2.24, 2.45) is 5.92 Å². The molecule has 1 aliphatic rings. The number of aromatic carboxylic acids is 1. The Morgan fingerprint density at radius 1 is 1.25 bits per heavy atom. The molecule has 110 valence electrons. The molecule has 1 aliphatic carbocycles. The van der Waals surface area contributed by atoms with Gasteiger partial charge in [0.1, 0.15) is 0 Å². The summed E-state index contributed by atoms with van der Waals surface area (Å²) in [4.78, 5) is 13.6. The molecule has 1 aromatic carbocycles. The number of carboxylic acids is 1. The predicted octanol–water partition coefficient (Wildman–Crippen LogP) is 3.79. The Bertz CT molecular complexity index is 450. The molecule has 1 saturated carbocycles. The number of nitrogens with zero attached hydrogens (tertiary/aromatic N) is 1. The monoisotopic (exact) mass is 275 g/mol. The van der Waals surface area contributed by atoms with Gasteiger partial charge in [-0.25, -0.2) is 4.79 Å². The number of hydrogen-bond donors (Lipinski definition) is 1. The maximum Gasteiger partial charge on any atom is 0.336 e. The van der Waals surface area contributed by atoms with Gasteiger partial charge in [0.15, 0.2) is 0 Å². The van der Waals surface area contributed by atoms with E-state index >= 15 is 0 Å². The van der Waals surface area contributed by atoms with E-state index in [1.54, 1.807) is 12.1 Å². The molecule has 2 rings (SSSR count). The Morgan fingerprint density at radius 2 is 1.90 bits per heavy atom. The highest BCUT2D eigenvalue weighted by atomic mass is 16.4. The van der Waals surface area contributed by atoms with E-state index in [4.69, 9.17) is 0 Å². The lowest BCUT2D eigenvalue weighted by Gasteiger charge is -2.34. The fraction of sp³-hybridized carbons (Fsp3) is 0.588. The van der Waals surface area contributed by atoms with Crippen molar-refractivity contribution >= 4 is 5.97 Å². The highest BCUT2D eigenvalue weighted by Gasteiger charge is 2.23. The molecule has 0 amide bonds. The third-order valence-corrected chi connectivity index (χ3v) is 4.68. The minimum atomic E-state index is -0.830. The van der Waals surface area contributed by atoms with Crippen molar-refractivity contribution in [2.45, 2.75) is 51.6 Å². The summed E-state index contributed by atoms with van der Waals surface area (Å²) in [6.45, 7) is 3.00. The first-order valence-electron chi connectivity index (χ1n) is 7.63. The standard InChI is InChI=1S/C17H25NO2/c1-3-13-8-10-15(11-9-13)18(2)12-14-6-4-5-7-16(14)17(19)20/h4-7,13,15H,3,8-12H2,1-2H3,(H,19,20). The van der Waals surface area contributed by atoms with E-state index in [1.807, 2.05) is 12.1 Å². The largest absolute Gasteiger partial charge is 0.478 e. The lowest BCUT2D eigenvalue weighted by Crippen LogP contribution is -2.35. The van der Waals surface area contributed by atoms with E-state index in [2.05, 4.69) is 18.9 Å². The van der Waals surface area contributed by atoms with Crippen LogP contribution in [0.4, 0.5) is 0 Å². The highest BCUT2D eigenvalue weighted by molar-refractivity contribution is 5.89. The molecular weight excluding hydrogens is 250 g/mol. The summed E-state index contributed by atoms with van der Waals surface area (Å²) in [7, 11) is 2.12. The van der Waals surface area contributed by atoms with Crippen molar-refractivity contribution < 1.29 is 9.90 Å². The summed E-state index contributed by atoms with van der Waals surface area (Å²) < 4.78 is 0. The molecule has 0 atom stereocenters. The molecule has 0 aliphatic heterocycles. The van der Waals surface area contributed by atoms with Crippen molar-refractivity contribution in [3.63, 3.8) is 0 Å². The van der Waals surface area contributed by atoms with Gasteiger partial charge in [-0.1, -0.05) is 31.5 Å². The van der Waals surface area contributed by atoms with Crippen LogP contribution in [0.2, 0.25) is 0 Å². The van der Waals surface area contributed by atoms with Gasteiger partial charge in [-0.3, -0.25) is 4.90 Å². The lowest BCUT2D eigenvalue weighted by molar-refractivity contribution is 0.0693. The third-order valence-electron chi connectivity index (χ3n) is 4.68. The number of carboxylic acid groups (broad SMARTS) is 1. The van der Waals surface area contributed by atoms with Gasteiger partial charge in [0.2, 0.25) is 0 Å². The van der Waals surface area contributed by atoms with E-state index in [0.717, 1.165) is 18.0 Å². The van der Waals surface area contributed by atoms with Gasteiger partial charge in [0.05, 0.1) is 5.56 Å². The molecule has 1 N–H and O–H groups in total. The van der Waals surface area contributed by atoms with Crippen molar-refractivity contribution in [3.8, 4) is 0 Å². The summed E-state index contributed by atoms with van der Waals surface area (Å²) in [5.74, 6) is 0.0645. The van der Waals surface area contributed by atoms with Crippen LogP contribution in [0, 0.1) is 5.92 Å². The molecule has 3 heteroatoms. The number of benzene rings is 1. The van der Waals surface area contributed by atoms with Gasteiger partial charge in [-0.05, 0) is 50.3 Å². The molecule has 0 radical (unpaired) electrons. The van der Waals surface area contributed by atoms with Gasteiger partial charge >= 0.3 is 5.97 Å². The SMILES string of the molecule is CCC1CCC(N(C)Cc2ccccc2C(=O)O)CC1. The minimum Gasteiger partial charge on any atom is -0.478 e. The van der Waals surface area contributed by atoms with Crippen molar-refractivity contribution in [1.82, 2.24) is 4.90 Å². The minimum absolute atomic E-state index is 0.432. The molecule has 1 aromatic rings. The molecule has 3 nitrogen and oxygen atoms in total.